The maximum absolute atomic E-state index is 12.8. The number of aromatic nitrogens is 2. The SMILES string of the molecule is CCCC[N+]1=C2C(C=C1C(=O)NCCCn1ccnc1)C(=O)N(C)C(=O)N2C. The van der Waals surface area contributed by atoms with Gasteiger partial charge < -0.3 is 9.88 Å². The molecule has 0 aromatic carbocycles. The summed E-state index contributed by atoms with van der Waals surface area (Å²) in [7, 11) is 3.11. The molecule has 1 saturated heterocycles. The molecule has 3 rings (SSSR count). The Bertz CT molecular complexity index is 827. The molecule has 28 heavy (non-hydrogen) atoms. The Morgan fingerprint density at radius 3 is 2.71 bits per heavy atom. The number of carbonyl (C=O) groups is 3. The summed E-state index contributed by atoms with van der Waals surface area (Å²) >= 11 is 0. The fourth-order valence-corrected chi connectivity index (χ4v) is 3.53. The van der Waals surface area contributed by atoms with E-state index in [2.05, 4.69) is 17.2 Å². The standard InChI is InChI=1S/C19H26N6O3/c1-4-5-10-25-15(16(26)21-7-6-9-24-11-8-20-13-24)12-14-17(25)22(2)19(28)23(3)18(14)27/h8,11-14H,4-7,9-10H2,1-3H3/p+1. The number of nitrogens with one attached hydrogen (secondary N) is 1. The molecule has 1 fully saturated rings. The van der Waals surface area contributed by atoms with E-state index in [0.29, 0.717) is 24.6 Å². The molecule has 0 bridgehead atoms. The van der Waals surface area contributed by atoms with E-state index < -0.39 is 5.92 Å². The van der Waals surface area contributed by atoms with E-state index in [9.17, 15) is 14.4 Å². The van der Waals surface area contributed by atoms with E-state index in [1.54, 1.807) is 25.6 Å². The number of imide groups is 1. The second-order valence-electron chi connectivity index (χ2n) is 7.04. The number of hydrogen-bond acceptors (Lipinski definition) is 4. The van der Waals surface area contributed by atoms with Gasteiger partial charge in [-0.05, 0) is 18.9 Å². The van der Waals surface area contributed by atoms with Crippen LogP contribution in [0.25, 0.3) is 0 Å². The zero-order valence-corrected chi connectivity index (χ0v) is 16.6. The highest BCUT2D eigenvalue weighted by Gasteiger charge is 2.51. The van der Waals surface area contributed by atoms with Crippen LogP contribution in [0, 0.1) is 5.92 Å². The number of amidine groups is 1. The molecule has 2 aliphatic heterocycles. The molecule has 2 aliphatic rings. The van der Waals surface area contributed by atoms with Crippen LogP contribution in [-0.4, -0.2) is 74.8 Å². The van der Waals surface area contributed by atoms with Gasteiger partial charge in [0.05, 0.1) is 19.9 Å². The number of aryl methyl sites for hydroxylation is 1. The summed E-state index contributed by atoms with van der Waals surface area (Å²) in [5, 5.41) is 2.93. The number of amides is 4. The van der Waals surface area contributed by atoms with Crippen molar-refractivity contribution in [2.45, 2.75) is 32.7 Å². The normalized spacial score (nSPS) is 19.2. The summed E-state index contributed by atoms with van der Waals surface area (Å²) in [6, 6.07) is -0.381. The Balaban J connectivity index is 1.74. The summed E-state index contributed by atoms with van der Waals surface area (Å²) in [4.78, 5) is 44.3. The molecule has 9 nitrogen and oxygen atoms in total. The Labute approximate surface area is 164 Å². The third-order valence-electron chi connectivity index (χ3n) is 5.09. The van der Waals surface area contributed by atoms with E-state index in [1.165, 1.54) is 11.9 Å². The van der Waals surface area contributed by atoms with Gasteiger partial charge in [0.25, 0.3) is 17.6 Å². The average Bonchev–Trinajstić information content (AvgIpc) is 3.34. The zero-order valence-electron chi connectivity index (χ0n) is 16.6. The smallest absolute Gasteiger partial charge is 0.349 e. The zero-order chi connectivity index (χ0) is 20.3. The largest absolute Gasteiger partial charge is 0.417 e. The van der Waals surface area contributed by atoms with Crippen LogP contribution in [0.1, 0.15) is 26.2 Å². The van der Waals surface area contributed by atoms with Gasteiger partial charge in [0, 0.05) is 32.5 Å². The van der Waals surface area contributed by atoms with Crippen molar-refractivity contribution in [3.8, 4) is 0 Å². The molecule has 150 valence electrons. The second-order valence-corrected chi connectivity index (χ2v) is 7.04. The number of hydrogen-bond donors (Lipinski definition) is 1. The van der Waals surface area contributed by atoms with Gasteiger partial charge in [-0.25, -0.2) is 19.3 Å². The van der Waals surface area contributed by atoms with Crippen LogP contribution in [0.5, 0.6) is 0 Å². The lowest BCUT2D eigenvalue weighted by Gasteiger charge is -2.27. The van der Waals surface area contributed by atoms with Crippen LogP contribution in [0.15, 0.2) is 30.5 Å². The van der Waals surface area contributed by atoms with Crippen molar-refractivity contribution < 1.29 is 19.0 Å². The molecule has 0 aliphatic carbocycles. The quantitative estimate of drug-likeness (QED) is 0.523. The number of unbranched alkanes of at least 4 members (excludes halogenated alkanes) is 1. The van der Waals surface area contributed by atoms with E-state index in [1.807, 2.05) is 15.3 Å². The third kappa shape index (κ3) is 3.69. The molecule has 4 amide bonds. The molecule has 1 unspecified atom stereocenters. The first-order valence-electron chi connectivity index (χ1n) is 9.61. The fourth-order valence-electron chi connectivity index (χ4n) is 3.53. The molecule has 3 heterocycles. The van der Waals surface area contributed by atoms with Crippen LogP contribution in [0.2, 0.25) is 0 Å². The summed E-state index contributed by atoms with van der Waals surface area (Å²) in [5.74, 6) is -0.552. The molecule has 0 saturated carbocycles. The van der Waals surface area contributed by atoms with Gasteiger partial charge in [0.1, 0.15) is 0 Å². The van der Waals surface area contributed by atoms with Gasteiger partial charge in [-0.3, -0.25) is 9.59 Å². The van der Waals surface area contributed by atoms with Crippen LogP contribution < -0.4 is 5.32 Å². The van der Waals surface area contributed by atoms with Crippen LogP contribution in [0.4, 0.5) is 4.79 Å². The summed E-state index contributed by atoms with van der Waals surface area (Å²) in [6.45, 7) is 3.93. The molecule has 1 N–H and O–H groups in total. The topological polar surface area (TPSA) is 90.5 Å². The lowest BCUT2D eigenvalue weighted by atomic mass is 10.0. The van der Waals surface area contributed by atoms with Gasteiger partial charge in [0.2, 0.25) is 0 Å². The molecule has 1 atom stereocenters. The molecule has 1 aromatic rings. The molecular formula is C19H27N6O3+. The van der Waals surface area contributed by atoms with Crippen molar-refractivity contribution in [2.24, 2.45) is 5.92 Å². The molecule has 1 aromatic heterocycles. The first-order chi connectivity index (χ1) is 13.5. The Morgan fingerprint density at radius 1 is 1.25 bits per heavy atom. The summed E-state index contributed by atoms with van der Waals surface area (Å²) < 4.78 is 3.77. The number of fused-ring (bicyclic) bond motifs is 1. The van der Waals surface area contributed by atoms with Crippen molar-refractivity contribution in [1.82, 2.24) is 24.7 Å². The Morgan fingerprint density at radius 2 is 2.04 bits per heavy atom. The van der Waals surface area contributed by atoms with Gasteiger partial charge in [-0.15, -0.1) is 0 Å². The summed E-state index contributed by atoms with van der Waals surface area (Å²) in [5.41, 5.74) is 0.444. The predicted octanol–water partition coefficient (Wildman–Crippen LogP) is 0.638. The van der Waals surface area contributed by atoms with E-state index >= 15 is 0 Å². The van der Waals surface area contributed by atoms with E-state index in [0.717, 1.165) is 30.7 Å². The molecule has 0 spiro atoms. The van der Waals surface area contributed by atoms with Crippen LogP contribution in [0.3, 0.4) is 0 Å². The lowest BCUT2D eigenvalue weighted by Crippen LogP contribution is -2.57. The van der Waals surface area contributed by atoms with Gasteiger partial charge >= 0.3 is 6.03 Å². The number of urea groups is 1. The molecule has 9 heteroatoms. The highest BCUT2D eigenvalue weighted by molar-refractivity contribution is 6.19. The van der Waals surface area contributed by atoms with E-state index in [-0.39, 0.29) is 17.8 Å². The van der Waals surface area contributed by atoms with E-state index in [4.69, 9.17) is 0 Å². The number of carbonyl (C=O) groups excluding carboxylic acids is 3. The monoisotopic (exact) mass is 387 g/mol. The Kier molecular flexibility index (Phi) is 5.91. The highest BCUT2D eigenvalue weighted by Crippen LogP contribution is 2.26. The maximum Gasteiger partial charge on any atom is 0.417 e. The average molecular weight is 387 g/mol. The number of imidazole rings is 1. The lowest BCUT2D eigenvalue weighted by molar-refractivity contribution is -0.474. The molecular weight excluding hydrogens is 360 g/mol. The van der Waals surface area contributed by atoms with Crippen LogP contribution >= 0.6 is 0 Å². The maximum atomic E-state index is 12.8. The number of nitrogens with zero attached hydrogens (tertiary/aromatic N) is 5. The first kappa shape index (κ1) is 19.8. The van der Waals surface area contributed by atoms with Crippen molar-refractivity contribution in [3.05, 3.63) is 30.5 Å². The first-order valence-corrected chi connectivity index (χ1v) is 9.61. The fraction of sp³-hybridized carbons (Fsp3) is 0.526. The van der Waals surface area contributed by atoms with Gasteiger partial charge in [0.15, 0.2) is 11.6 Å². The minimum atomic E-state index is -0.601. The van der Waals surface area contributed by atoms with Gasteiger partial charge in [-0.1, -0.05) is 13.3 Å². The van der Waals surface area contributed by atoms with Gasteiger partial charge in [-0.2, -0.15) is 4.90 Å². The summed E-state index contributed by atoms with van der Waals surface area (Å²) in [6.07, 6.45) is 9.59. The van der Waals surface area contributed by atoms with Crippen molar-refractivity contribution in [2.75, 3.05) is 27.2 Å². The van der Waals surface area contributed by atoms with Crippen molar-refractivity contribution in [1.29, 1.82) is 0 Å². The second kappa shape index (κ2) is 8.37. The minimum Gasteiger partial charge on any atom is -0.349 e. The predicted molar refractivity (Wildman–Crippen MR) is 102 cm³/mol. The third-order valence-corrected chi connectivity index (χ3v) is 5.09. The van der Waals surface area contributed by atoms with Crippen LogP contribution in [-0.2, 0) is 16.1 Å². The Hall–Kier alpha value is -2.97. The van der Waals surface area contributed by atoms with Crippen molar-refractivity contribution >= 4 is 23.7 Å². The molecule has 0 radical (unpaired) electrons. The highest BCUT2D eigenvalue weighted by atomic mass is 16.2. The number of rotatable bonds is 8. The minimum absolute atomic E-state index is 0.222. The van der Waals surface area contributed by atoms with Crippen molar-refractivity contribution in [3.63, 3.8) is 0 Å².